The smallest absolute Gasteiger partial charge is 0.167 e. The van der Waals surface area contributed by atoms with E-state index in [0.717, 1.165) is 17.5 Å². The van der Waals surface area contributed by atoms with E-state index >= 15 is 0 Å². The van der Waals surface area contributed by atoms with Gasteiger partial charge in [-0.3, -0.25) is 4.79 Å². The van der Waals surface area contributed by atoms with Crippen LogP contribution in [-0.4, -0.2) is 12.3 Å². The third-order valence-corrected chi connectivity index (χ3v) is 3.56. The van der Waals surface area contributed by atoms with Crippen molar-refractivity contribution >= 4 is 5.78 Å². The molecule has 0 fully saturated rings. The van der Waals surface area contributed by atoms with Crippen molar-refractivity contribution in [2.24, 2.45) is 5.73 Å². The van der Waals surface area contributed by atoms with Crippen molar-refractivity contribution in [2.45, 2.75) is 26.7 Å². The highest BCUT2D eigenvalue weighted by Gasteiger charge is 2.09. The van der Waals surface area contributed by atoms with Gasteiger partial charge in [0.15, 0.2) is 5.78 Å². The highest BCUT2D eigenvalue weighted by atomic mass is 16.1. The third kappa shape index (κ3) is 3.55. The van der Waals surface area contributed by atoms with Gasteiger partial charge in [0.25, 0.3) is 0 Å². The summed E-state index contributed by atoms with van der Waals surface area (Å²) < 4.78 is 0. The molecule has 0 aliphatic rings. The first-order chi connectivity index (χ1) is 9.60. The molecule has 2 rings (SSSR count). The van der Waals surface area contributed by atoms with Gasteiger partial charge in [0.1, 0.15) is 0 Å². The van der Waals surface area contributed by atoms with E-state index in [0.29, 0.717) is 13.0 Å². The van der Waals surface area contributed by atoms with Crippen molar-refractivity contribution in [2.75, 3.05) is 6.54 Å². The fourth-order valence-electron chi connectivity index (χ4n) is 2.29. The van der Waals surface area contributed by atoms with Crippen molar-refractivity contribution in [3.63, 3.8) is 0 Å². The summed E-state index contributed by atoms with van der Waals surface area (Å²) in [4.78, 5) is 12.3. The van der Waals surface area contributed by atoms with Gasteiger partial charge in [-0.2, -0.15) is 0 Å². The zero-order chi connectivity index (χ0) is 14.5. The van der Waals surface area contributed by atoms with Crippen LogP contribution in [0.5, 0.6) is 0 Å². The van der Waals surface area contributed by atoms with Crippen molar-refractivity contribution in [1.82, 2.24) is 0 Å². The molecule has 2 heteroatoms. The Labute approximate surface area is 120 Å². The first kappa shape index (κ1) is 14.5. The summed E-state index contributed by atoms with van der Waals surface area (Å²) in [6.45, 7) is 4.73. The van der Waals surface area contributed by atoms with Gasteiger partial charge in [-0.05, 0) is 43.5 Å². The Bertz CT molecular complexity index is 599. The molecule has 2 aromatic carbocycles. The number of benzene rings is 2. The molecule has 0 radical (unpaired) electrons. The molecule has 0 bridgehead atoms. The molecule has 104 valence electrons. The summed E-state index contributed by atoms with van der Waals surface area (Å²) in [5.74, 6) is 0.165. The second-order valence-corrected chi connectivity index (χ2v) is 5.27. The Morgan fingerprint density at radius 3 is 2.40 bits per heavy atom. The molecule has 2 N–H and O–H groups in total. The number of hydrogen-bond acceptors (Lipinski definition) is 2. The normalized spacial score (nSPS) is 10.6. The lowest BCUT2D eigenvalue weighted by Crippen LogP contribution is -2.06. The van der Waals surface area contributed by atoms with Gasteiger partial charge in [0.05, 0.1) is 0 Å². The topological polar surface area (TPSA) is 43.1 Å². The number of carbonyl (C=O) groups is 1. The standard InChI is InChI=1S/C18H21NO/c1-13-3-4-14(2)17(11-13)12-18(20)16-7-5-15(6-8-16)9-10-19/h3-8,11H,9-10,12,19H2,1-2H3. The number of hydrogen-bond donors (Lipinski definition) is 1. The predicted octanol–water partition coefficient (Wildman–Crippen LogP) is 3.23. The van der Waals surface area contributed by atoms with Crippen molar-refractivity contribution in [3.8, 4) is 0 Å². The van der Waals surface area contributed by atoms with Crippen LogP contribution in [0, 0.1) is 13.8 Å². The van der Waals surface area contributed by atoms with Crippen LogP contribution in [0.3, 0.4) is 0 Å². The fourth-order valence-corrected chi connectivity index (χ4v) is 2.29. The molecule has 0 saturated heterocycles. The SMILES string of the molecule is Cc1ccc(C)c(CC(=O)c2ccc(CCN)cc2)c1. The van der Waals surface area contributed by atoms with Crippen LogP contribution in [-0.2, 0) is 12.8 Å². The summed E-state index contributed by atoms with van der Waals surface area (Å²) in [6, 6.07) is 14.0. The summed E-state index contributed by atoms with van der Waals surface area (Å²) in [7, 11) is 0. The van der Waals surface area contributed by atoms with E-state index in [9.17, 15) is 4.79 Å². The molecule has 0 spiro atoms. The Hall–Kier alpha value is -1.93. The van der Waals surface area contributed by atoms with E-state index in [-0.39, 0.29) is 5.78 Å². The number of rotatable bonds is 5. The number of ketones is 1. The Morgan fingerprint density at radius 1 is 1.05 bits per heavy atom. The molecular formula is C18H21NO. The van der Waals surface area contributed by atoms with Crippen LogP contribution in [0.15, 0.2) is 42.5 Å². The van der Waals surface area contributed by atoms with Crippen LogP contribution < -0.4 is 5.73 Å². The highest BCUT2D eigenvalue weighted by Crippen LogP contribution is 2.14. The van der Waals surface area contributed by atoms with Crippen LogP contribution in [0.2, 0.25) is 0 Å². The van der Waals surface area contributed by atoms with Crippen LogP contribution >= 0.6 is 0 Å². The Morgan fingerprint density at radius 2 is 1.75 bits per heavy atom. The van der Waals surface area contributed by atoms with Gasteiger partial charge >= 0.3 is 0 Å². The maximum Gasteiger partial charge on any atom is 0.167 e. The number of aryl methyl sites for hydroxylation is 2. The average Bonchev–Trinajstić information content (AvgIpc) is 2.44. The lowest BCUT2D eigenvalue weighted by atomic mass is 9.97. The first-order valence-electron chi connectivity index (χ1n) is 6.98. The molecule has 0 saturated carbocycles. The van der Waals surface area contributed by atoms with E-state index in [1.54, 1.807) is 0 Å². The minimum absolute atomic E-state index is 0.165. The average molecular weight is 267 g/mol. The lowest BCUT2D eigenvalue weighted by Gasteiger charge is -2.07. The van der Waals surface area contributed by atoms with Crippen LogP contribution in [0.4, 0.5) is 0 Å². The minimum atomic E-state index is 0.165. The number of Topliss-reactive ketones (excluding diaryl/α,β-unsaturated/α-hetero) is 1. The van der Waals surface area contributed by atoms with E-state index < -0.39 is 0 Å². The molecule has 0 heterocycles. The monoisotopic (exact) mass is 267 g/mol. The second kappa shape index (κ2) is 6.49. The summed E-state index contributed by atoms with van der Waals surface area (Å²) >= 11 is 0. The maximum absolute atomic E-state index is 12.3. The fraction of sp³-hybridized carbons (Fsp3) is 0.278. The van der Waals surface area contributed by atoms with Gasteiger partial charge in [-0.25, -0.2) is 0 Å². The first-order valence-corrected chi connectivity index (χ1v) is 6.98. The van der Waals surface area contributed by atoms with E-state index in [1.807, 2.05) is 31.2 Å². The molecule has 0 unspecified atom stereocenters. The lowest BCUT2D eigenvalue weighted by molar-refractivity contribution is 0.0993. The molecule has 0 aliphatic carbocycles. The molecule has 2 nitrogen and oxygen atoms in total. The van der Waals surface area contributed by atoms with Crippen LogP contribution in [0.1, 0.15) is 32.6 Å². The largest absolute Gasteiger partial charge is 0.330 e. The maximum atomic E-state index is 12.3. The number of nitrogens with two attached hydrogens (primary N) is 1. The van der Waals surface area contributed by atoms with Gasteiger partial charge in [-0.1, -0.05) is 48.0 Å². The predicted molar refractivity (Wildman–Crippen MR) is 83.2 cm³/mol. The Kier molecular flexibility index (Phi) is 4.70. The Balaban J connectivity index is 2.13. The summed E-state index contributed by atoms with van der Waals surface area (Å²) in [5.41, 5.74) is 10.9. The quantitative estimate of drug-likeness (QED) is 0.845. The number of carbonyl (C=O) groups excluding carboxylic acids is 1. The van der Waals surface area contributed by atoms with E-state index in [1.165, 1.54) is 16.7 Å². The van der Waals surface area contributed by atoms with Gasteiger partial charge in [-0.15, -0.1) is 0 Å². The summed E-state index contributed by atoms with van der Waals surface area (Å²) in [5, 5.41) is 0. The zero-order valence-corrected chi connectivity index (χ0v) is 12.1. The van der Waals surface area contributed by atoms with Crippen molar-refractivity contribution in [1.29, 1.82) is 0 Å². The molecule has 20 heavy (non-hydrogen) atoms. The van der Waals surface area contributed by atoms with Gasteiger partial charge in [0.2, 0.25) is 0 Å². The minimum Gasteiger partial charge on any atom is -0.330 e. The molecular weight excluding hydrogens is 246 g/mol. The van der Waals surface area contributed by atoms with Crippen molar-refractivity contribution in [3.05, 3.63) is 70.3 Å². The highest BCUT2D eigenvalue weighted by molar-refractivity contribution is 5.97. The molecule has 0 aromatic heterocycles. The molecule has 0 atom stereocenters. The molecule has 2 aromatic rings. The summed E-state index contributed by atoms with van der Waals surface area (Å²) in [6.07, 6.45) is 1.31. The van der Waals surface area contributed by atoms with Crippen LogP contribution in [0.25, 0.3) is 0 Å². The van der Waals surface area contributed by atoms with E-state index in [4.69, 9.17) is 5.73 Å². The zero-order valence-electron chi connectivity index (χ0n) is 12.1. The van der Waals surface area contributed by atoms with Gasteiger partial charge < -0.3 is 5.73 Å². The van der Waals surface area contributed by atoms with E-state index in [2.05, 4.69) is 25.1 Å². The van der Waals surface area contributed by atoms with Gasteiger partial charge in [0, 0.05) is 12.0 Å². The second-order valence-electron chi connectivity index (χ2n) is 5.27. The van der Waals surface area contributed by atoms with Crippen molar-refractivity contribution < 1.29 is 4.79 Å². The molecule has 0 amide bonds. The molecule has 0 aliphatic heterocycles. The third-order valence-electron chi connectivity index (χ3n) is 3.56.